The minimum Gasteiger partial charge on any atom is -0.496 e. The molecule has 3 aromatic carbocycles. The third-order valence-corrected chi connectivity index (χ3v) is 6.55. The number of nitrogens with zero attached hydrogens (tertiary/aromatic N) is 4. The predicted octanol–water partition coefficient (Wildman–Crippen LogP) is 5.45. The number of hydrogen-bond acceptors (Lipinski definition) is 7. The summed E-state index contributed by atoms with van der Waals surface area (Å²) in [5.74, 6) is 1.87. The molecular formula is C25H19ClN4O3S. The van der Waals surface area contributed by atoms with Gasteiger partial charge in [-0.1, -0.05) is 71.0 Å². The zero-order valence-electron chi connectivity index (χ0n) is 18.1. The van der Waals surface area contributed by atoms with E-state index in [0.717, 1.165) is 5.56 Å². The largest absolute Gasteiger partial charge is 0.496 e. The van der Waals surface area contributed by atoms with E-state index >= 15 is 0 Å². The Kier molecular flexibility index (Phi) is 6.33. The highest BCUT2D eigenvalue weighted by Gasteiger charge is 2.16. The van der Waals surface area contributed by atoms with Gasteiger partial charge in [0, 0.05) is 11.1 Å². The maximum absolute atomic E-state index is 13.4. The molecule has 0 aliphatic heterocycles. The van der Waals surface area contributed by atoms with Crippen molar-refractivity contribution < 1.29 is 9.26 Å². The second-order valence-electron chi connectivity index (χ2n) is 7.39. The standard InChI is InChI=1S/C25H19ClN4O3S/c1-32-21-13-7-2-8-16(21)14-30-24(31)18-10-4-6-12-20(18)27-25(30)34-15-22-28-23(29-33-22)17-9-3-5-11-19(17)26/h2-13H,14-15H2,1H3. The molecule has 0 N–H and O–H groups in total. The third-order valence-electron chi connectivity index (χ3n) is 5.26. The van der Waals surface area contributed by atoms with Crippen molar-refractivity contribution in [2.45, 2.75) is 17.5 Å². The molecule has 34 heavy (non-hydrogen) atoms. The first-order chi connectivity index (χ1) is 16.6. The van der Waals surface area contributed by atoms with Crippen LogP contribution in [0.2, 0.25) is 5.02 Å². The van der Waals surface area contributed by atoms with E-state index in [0.29, 0.717) is 56.4 Å². The normalized spacial score (nSPS) is 11.1. The minimum atomic E-state index is -0.124. The molecule has 2 heterocycles. The minimum absolute atomic E-state index is 0.124. The fraction of sp³-hybridized carbons (Fsp3) is 0.120. The van der Waals surface area contributed by atoms with Crippen LogP contribution in [0.15, 0.2) is 87.3 Å². The highest BCUT2D eigenvalue weighted by atomic mass is 35.5. The van der Waals surface area contributed by atoms with Crippen LogP contribution in [0.3, 0.4) is 0 Å². The maximum atomic E-state index is 13.4. The van der Waals surface area contributed by atoms with Gasteiger partial charge >= 0.3 is 0 Å². The van der Waals surface area contributed by atoms with Gasteiger partial charge in [0.05, 0.1) is 35.3 Å². The van der Waals surface area contributed by atoms with E-state index < -0.39 is 0 Å². The molecule has 0 unspecified atom stereocenters. The Morgan fingerprint density at radius 1 is 1.00 bits per heavy atom. The Bertz CT molecular complexity index is 1530. The van der Waals surface area contributed by atoms with Crippen molar-refractivity contribution in [3.63, 3.8) is 0 Å². The second-order valence-corrected chi connectivity index (χ2v) is 8.74. The number of methoxy groups -OCH3 is 1. The molecule has 0 saturated carbocycles. The van der Waals surface area contributed by atoms with Gasteiger partial charge in [0.2, 0.25) is 11.7 Å². The molecule has 0 radical (unpaired) electrons. The highest BCUT2D eigenvalue weighted by Crippen LogP contribution is 2.28. The van der Waals surface area contributed by atoms with E-state index in [4.69, 9.17) is 25.8 Å². The Balaban J connectivity index is 1.49. The average Bonchev–Trinajstić information content (AvgIpc) is 3.34. The summed E-state index contributed by atoms with van der Waals surface area (Å²) >= 11 is 7.61. The first kappa shape index (κ1) is 22.2. The number of ether oxygens (including phenoxy) is 1. The van der Waals surface area contributed by atoms with Crippen molar-refractivity contribution in [1.29, 1.82) is 0 Å². The molecule has 5 aromatic rings. The molecule has 0 fully saturated rings. The Morgan fingerprint density at radius 2 is 1.76 bits per heavy atom. The van der Waals surface area contributed by atoms with Crippen molar-refractivity contribution >= 4 is 34.3 Å². The van der Waals surface area contributed by atoms with Crippen LogP contribution >= 0.6 is 23.4 Å². The maximum Gasteiger partial charge on any atom is 0.262 e. The van der Waals surface area contributed by atoms with Gasteiger partial charge in [0.25, 0.3) is 5.56 Å². The van der Waals surface area contributed by atoms with E-state index in [-0.39, 0.29) is 5.56 Å². The van der Waals surface area contributed by atoms with E-state index in [1.807, 2.05) is 60.7 Å². The molecule has 0 atom stereocenters. The molecule has 9 heteroatoms. The smallest absolute Gasteiger partial charge is 0.262 e. The van der Waals surface area contributed by atoms with Gasteiger partial charge in [-0.05, 0) is 30.3 Å². The first-order valence-corrected chi connectivity index (χ1v) is 11.8. The van der Waals surface area contributed by atoms with E-state index in [1.165, 1.54) is 11.8 Å². The molecule has 2 aromatic heterocycles. The lowest BCUT2D eigenvalue weighted by atomic mass is 10.2. The van der Waals surface area contributed by atoms with Gasteiger partial charge in [-0.15, -0.1) is 0 Å². The van der Waals surface area contributed by atoms with Crippen LogP contribution in [-0.2, 0) is 12.3 Å². The Morgan fingerprint density at radius 3 is 2.62 bits per heavy atom. The summed E-state index contributed by atoms with van der Waals surface area (Å²) in [7, 11) is 1.61. The van der Waals surface area contributed by atoms with Crippen LogP contribution in [0.1, 0.15) is 11.5 Å². The number of rotatable bonds is 7. The molecule has 0 saturated heterocycles. The molecule has 0 spiro atoms. The predicted molar refractivity (Wildman–Crippen MR) is 132 cm³/mol. The van der Waals surface area contributed by atoms with E-state index in [1.54, 1.807) is 23.8 Å². The van der Waals surface area contributed by atoms with Gasteiger partial charge in [-0.2, -0.15) is 4.98 Å². The zero-order chi connectivity index (χ0) is 23.5. The van der Waals surface area contributed by atoms with Gasteiger partial charge in [-0.3, -0.25) is 9.36 Å². The summed E-state index contributed by atoms with van der Waals surface area (Å²) in [6.45, 7) is 0.317. The number of para-hydroxylation sites is 2. The highest BCUT2D eigenvalue weighted by molar-refractivity contribution is 7.98. The summed E-state index contributed by atoms with van der Waals surface area (Å²) < 4.78 is 12.6. The van der Waals surface area contributed by atoms with E-state index in [2.05, 4.69) is 10.1 Å². The molecular weight excluding hydrogens is 472 g/mol. The molecule has 170 valence electrons. The van der Waals surface area contributed by atoms with Crippen LogP contribution in [0.25, 0.3) is 22.3 Å². The first-order valence-electron chi connectivity index (χ1n) is 10.5. The average molecular weight is 491 g/mol. The van der Waals surface area contributed by atoms with Crippen LogP contribution in [0, 0.1) is 0 Å². The zero-order valence-corrected chi connectivity index (χ0v) is 19.7. The summed E-state index contributed by atoms with van der Waals surface area (Å²) in [4.78, 5) is 22.6. The quantitative estimate of drug-likeness (QED) is 0.221. The summed E-state index contributed by atoms with van der Waals surface area (Å²) in [5.41, 5.74) is 2.08. The lowest BCUT2D eigenvalue weighted by Gasteiger charge is -2.14. The van der Waals surface area contributed by atoms with Gasteiger partial charge < -0.3 is 9.26 Å². The molecule has 0 aliphatic rings. The second kappa shape index (κ2) is 9.70. The fourth-order valence-electron chi connectivity index (χ4n) is 3.59. The Hall–Kier alpha value is -3.62. The topological polar surface area (TPSA) is 83.0 Å². The summed E-state index contributed by atoms with van der Waals surface area (Å²) in [6.07, 6.45) is 0. The number of halogens is 1. The van der Waals surface area contributed by atoms with Crippen LogP contribution in [-0.4, -0.2) is 26.8 Å². The van der Waals surface area contributed by atoms with Crippen molar-refractivity contribution in [3.05, 3.63) is 99.6 Å². The van der Waals surface area contributed by atoms with Crippen LogP contribution < -0.4 is 10.3 Å². The van der Waals surface area contributed by atoms with Gasteiger partial charge in [0.15, 0.2) is 5.16 Å². The molecule has 7 nitrogen and oxygen atoms in total. The molecule has 5 rings (SSSR count). The molecule has 0 amide bonds. The van der Waals surface area contributed by atoms with Crippen molar-refractivity contribution in [1.82, 2.24) is 19.7 Å². The van der Waals surface area contributed by atoms with Crippen LogP contribution in [0.5, 0.6) is 5.75 Å². The summed E-state index contributed by atoms with van der Waals surface area (Å²) in [6, 6.07) is 22.2. The number of hydrogen-bond donors (Lipinski definition) is 0. The fourth-order valence-corrected chi connectivity index (χ4v) is 4.65. The van der Waals surface area contributed by atoms with Crippen molar-refractivity contribution in [2.24, 2.45) is 0 Å². The summed E-state index contributed by atoms with van der Waals surface area (Å²) in [5, 5.41) is 5.70. The molecule has 0 aliphatic carbocycles. The number of fused-ring (bicyclic) bond motifs is 1. The number of aromatic nitrogens is 4. The number of benzene rings is 3. The van der Waals surface area contributed by atoms with Crippen molar-refractivity contribution in [3.8, 4) is 17.1 Å². The SMILES string of the molecule is COc1ccccc1Cn1c(SCc2nc(-c3ccccc3Cl)no2)nc2ccccc2c1=O. The number of thioether (sulfide) groups is 1. The third kappa shape index (κ3) is 4.42. The van der Waals surface area contributed by atoms with Crippen LogP contribution in [0.4, 0.5) is 0 Å². The van der Waals surface area contributed by atoms with Gasteiger partial charge in [-0.25, -0.2) is 4.98 Å². The van der Waals surface area contributed by atoms with Gasteiger partial charge in [0.1, 0.15) is 5.75 Å². The monoisotopic (exact) mass is 490 g/mol. The van der Waals surface area contributed by atoms with E-state index in [9.17, 15) is 4.79 Å². The lowest BCUT2D eigenvalue weighted by Crippen LogP contribution is -2.24. The van der Waals surface area contributed by atoms with Crippen molar-refractivity contribution in [2.75, 3.05) is 7.11 Å². The Labute approximate surface area is 204 Å². The molecule has 0 bridgehead atoms. The lowest BCUT2D eigenvalue weighted by molar-refractivity contribution is 0.391.